The van der Waals surface area contributed by atoms with Crippen LogP contribution in [0.1, 0.15) is 18.2 Å². The highest BCUT2D eigenvalue weighted by atomic mass is 32.2. The number of nitro benzene ring substituents is 1. The van der Waals surface area contributed by atoms with E-state index >= 15 is 0 Å². The minimum absolute atomic E-state index is 0.0341. The van der Waals surface area contributed by atoms with Crippen LogP contribution >= 0.6 is 0 Å². The first-order valence-corrected chi connectivity index (χ1v) is 8.26. The van der Waals surface area contributed by atoms with Crippen molar-refractivity contribution in [2.75, 3.05) is 17.8 Å². The predicted octanol–water partition coefficient (Wildman–Crippen LogP) is 0.855. The molecule has 1 aromatic carbocycles. The van der Waals surface area contributed by atoms with Gasteiger partial charge in [0.15, 0.2) is 4.90 Å². The van der Waals surface area contributed by atoms with Crippen LogP contribution in [0, 0.1) is 10.1 Å². The van der Waals surface area contributed by atoms with Gasteiger partial charge in [-0.2, -0.15) is 0 Å². The van der Waals surface area contributed by atoms with Crippen LogP contribution in [0.25, 0.3) is 0 Å². The third-order valence-electron chi connectivity index (χ3n) is 3.42. The zero-order valence-electron chi connectivity index (χ0n) is 11.8. The van der Waals surface area contributed by atoms with Crippen molar-refractivity contribution in [1.82, 2.24) is 15.5 Å². The van der Waals surface area contributed by atoms with Crippen LogP contribution in [-0.2, 0) is 10.0 Å². The second-order valence-electron chi connectivity index (χ2n) is 4.97. The van der Waals surface area contributed by atoms with Crippen molar-refractivity contribution in [1.29, 1.82) is 0 Å². The van der Waals surface area contributed by atoms with Gasteiger partial charge in [-0.1, -0.05) is 17.2 Å². The number of hydrogen-bond acceptors (Lipinski definition) is 8. The molecule has 0 spiro atoms. The average Bonchev–Trinajstić information content (AvgIpc) is 3.17. The summed E-state index contributed by atoms with van der Waals surface area (Å²) in [6, 6.07) is 4.71. The van der Waals surface area contributed by atoms with Gasteiger partial charge in [0.2, 0.25) is 5.89 Å². The van der Waals surface area contributed by atoms with Crippen LogP contribution in [0.3, 0.4) is 0 Å². The van der Waals surface area contributed by atoms with Crippen LogP contribution in [0.15, 0.2) is 33.6 Å². The molecular weight excluding hydrogens is 326 g/mol. The first-order valence-electron chi connectivity index (χ1n) is 6.78. The monoisotopic (exact) mass is 339 g/mol. The minimum atomic E-state index is -4.20. The van der Waals surface area contributed by atoms with E-state index in [-0.39, 0.29) is 11.9 Å². The smallest absolute Gasteiger partial charge is 0.329 e. The first-order chi connectivity index (χ1) is 11.0. The number of para-hydroxylation sites is 1. The molecule has 1 aliphatic heterocycles. The van der Waals surface area contributed by atoms with E-state index in [0.29, 0.717) is 12.4 Å². The molecule has 0 aliphatic carbocycles. The molecule has 2 aromatic rings. The second-order valence-corrected chi connectivity index (χ2v) is 6.62. The van der Waals surface area contributed by atoms with Crippen molar-refractivity contribution < 1.29 is 17.8 Å². The summed E-state index contributed by atoms with van der Waals surface area (Å²) in [6.07, 6.45) is 0.818. The maximum Gasteiger partial charge on any atom is 0.329 e. The number of anilines is 1. The van der Waals surface area contributed by atoms with Gasteiger partial charge in [0.1, 0.15) is 0 Å². The van der Waals surface area contributed by atoms with Crippen molar-refractivity contribution >= 4 is 21.7 Å². The molecule has 0 saturated carbocycles. The van der Waals surface area contributed by atoms with E-state index in [4.69, 9.17) is 4.42 Å². The van der Waals surface area contributed by atoms with Crippen LogP contribution < -0.4 is 10.0 Å². The Balaban J connectivity index is 1.86. The van der Waals surface area contributed by atoms with Gasteiger partial charge in [0.25, 0.3) is 15.7 Å². The lowest BCUT2D eigenvalue weighted by Gasteiger charge is -2.05. The lowest BCUT2D eigenvalue weighted by atomic mass is 10.1. The van der Waals surface area contributed by atoms with E-state index in [0.717, 1.165) is 25.1 Å². The van der Waals surface area contributed by atoms with Crippen molar-refractivity contribution in [3.8, 4) is 0 Å². The topological polar surface area (TPSA) is 140 Å². The van der Waals surface area contributed by atoms with Gasteiger partial charge in [-0.3, -0.25) is 10.1 Å². The number of nitro groups is 1. The summed E-state index contributed by atoms with van der Waals surface area (Å²) in [4.78, 5) is 9.72. The van der Waals surface area contributed by atoms with Crippen LogP contribution in [0.4, 0.5) is 11.7 Å². The number of rotatable bonds is 5. The fourth-order valence-electron chi connectivity index (χ4n) is 2.31. The minimum Gasteiger partial charge on any atom is -0.407 e. The number of nitrogens with zero attached hydrogens (tertiary/aromatic N) is 3. The van der Waals surface area contributed by atoms with Crippen molar-refractivity contribution in [2.45, 2.75) is 17.2 Å². The average molecular weight is 339 g/mol. The Kier molecular flexibility index (Phi) is 3.96. The van der Waals surface area contributed by atoms with Gasteiger partial charge in [0, 0.05) is 12.6 Å². The van der Waals surface area contributed by atoms with Gasteiger partial charge < -0.3 is 9.73 Å². The number of nitrogens with one attached hydrogen (secondary N) is 2. The SMILES string of the molecule is O=[N+]([O-])c1ccccc1S(=O)(=O)Nc1nnc(C2CCNC2)o1. The largest absolute Gasteiger partial charge is 0.407 e. The Bertz CT molecular complexity index is 828. The summed E-state index contributed by atoms with van der Waals surface area (Å²) in [5, 5.41) is 21.5. The molecule has 1 atom stereocenters. The Labute approximate surface area is 131 Å². The highest BCUT2D eigenvalue weighted by Crippen LogP contribution is 2.26. The van der Waals surface area contributed by atoms with E-state index in [1.165, 1.54) is 12.1 Å². The number of benzene rings is 1. The lowest BCUT2D eigenvalue weighted by Crippen LogP contribution is -2.15. The van der Waals surface area contributed by atoms with Gasteiger partial charge in [-0.15, -0.1) is 5.10 Å². The third-order valence-corrected chi connectivity index (χ3v) is 4.79. The Morgan fingerprint density at radius 3 is 2.83 bits per heavy atom. The van der Waals surface area contributed by atoms with Crippen molar-refractivity contribution in [3.05, 3.63) is 40.3 Å². The van der Waals surface area contributed by atoms with Crippen LogP contribution in [0.5, 0.6) is 0 Å². The number of aromatic nitrogens is 2. The highest BCUT2D eigenvalue weighted by molar-refractivity contribution is 7.92. The molecule has 11 heteroatoms. The predicted molar refractivity (Wildman–Crippen MR) is 78.4 cm³/mol. The molecule has 1 unspecified atom stereocenters. The Hall–Kier alpha value is -2.53. The normalized spacial score (nSPS) is 18.0. The van der Waals surface area contributed by atoms with E-state index in [1.54, 1.807) is 0 Å². The van der Waals surface area contributed by atoms with E-state index < -0.39 is 25.5 Å². The molecule has 0 radical (unpaired) electrons. The lowest BCUT2D eigenvalue weighted by molar-refractivity contribution is -0.387. The molecule has 2 N–H and O–H groups in total. The maximum atomic E-state index is 12.3. The summed E-state index contributed by atoms with van der Waals surface area (Å²) in [5.41, 5.74) is -0.528. The van der Waals surface area contributed by atoms with E-state index in [2.05, 4.69) is 20.2 Å². The summed E-state index contributed by atoms with van der Waals surface area (Å²) in [7, 11) is -4.20. The molecular formula is C12H13N5O5S. The summed E-state index contributed by atoms with van der Waals surface area (Å²) >= 11 is 0. The molecule has 122 valence electrons. The van der Waals surface area contributed by atoms with E-state index in [1.807, 2.05) is 0 Å². The summed E-state index contributed by atoms with van der Waals surface area (Å²) in [5.74, 6) is 0.363. The second kappa shape index (κ2) is 5.93. The molecule has 0 bridgehead atoms. The maximum absolute atomic E-state index is 12.3. The molecule has 1 aromatic heterocycles. The van der Waals surface area contributed by atoms with E-state index in [9.17, 15) is 18.5 Å². The summed E-state index contributed by atoms with van der Waals surface area (Å²) < 4.78 is 32.0. The fraction of sp³-hybridized carbons (Fsp3) is 0.333. The summed E-state index contributed by atoms with van der Waals surface area (Å²) in [6.45, 7) is 1.50. The van der Waals surface area contributed by atoms with Crippen molar-refractivity contribution in [2.24, 2.45) is 0 Å². The molecule has 23 heavy (non-hydrogen) atoms. The molecule has 1 fully saturated rings. The van der Waals surface area contributed by atoms with Gasteiger partial charge in [-0.05, 0) is 19.0 Å². The van der Waals surface area contributed by atoms with Gasteiger partial charge >= 0.3 is 6.01 Å². The first kappa shape index (κ1) is 15.4. The fourth-order valence-corrected chi connectivity index (χ4v) is 3.41. The Morgan fingerprint density at radius 2 is 2.13 bits per heavy atom. The standard InChI is InChI=1S/C12H13N5O5S/c18-17(19)9-3-1-2-4-10(9)23(20,21)16-12-15-14-11(22-12)8-5-6-13-7-8/h1-4,8,13H,5-7H2,(H,15,16). The molecule has 1 aliphatic rings. The zero-order valence-corrected chi connectivity index (χ0v) is 12.6. The number of hydrogen-bond donors (Lipinski definition) is 2. The zero-order chi connectivity index (χ0) is 16.4. The van der Waals surface area contributed by atoms with Crippen molar-refractivity contribution in [3.63, 3.8) is 0 Å². The molecule has 10 nitrogen and oxygen atoms in total. The molecule has 2 heterocycles. The van der Waals surface area contributed by atoms with Crippen LogP contribution in [-0.4, -0.2) is 36.6 Å². The van der Waals surface area contributed by atoms with Gasteiger partial charge in [0.05, 0.1) is 10.8 Å². The highest BCUT2D eigenvalue weighted by Gasteiger charge is 2.28. The van der Waals surface area contributed by atoms with Gasteiger partial charge in [-0.25, -0.2) is 13.1 Å². The third kappa shape index (κ3) is 3.14. The number of sulfonamides is 1. The quantitative estimate of drug-likeness (QED) is 0.603. The molecule has 3 rings (SSSR count). The molecule has 1 saturated heterocycles. The Morgan fingerprint density at radius 1 is 1.35 bits per heavy atom. The van der Waals surface area contributed by atoms with Crippen LogP contribution in [0.2, 0.25) is 0 Å². The molecule has 0 amide bonds.